The Balaban J connectivity index is 2.01. The number of rotatable bonds is 5. The van der Waals surface area contributed by atoms with Gasteiger partial charge in [-0.1, -0.05) is 66.5 Å². The van der Waals surface area contributed by atoms with Gasteiger partial charge in [-0.25, -0.2) is 4.39 Å². The minimum absolute atomic E-state index is 0.0101. The van der Waals surface area contributed by atoms with Gasteiger partial charge in [-0.15, -0.1) is 0 Å². The van der Waals surface area contributed by atoms with Crippen molar-refractivity contribution >= 4 is 40.0 Å². The van der Waals surface area contributed by atoms with Crippen LogP contribution in [0.4, 0.5) is 4.39 Å². The molecule has 7 heteroatoms. The molecule has 1 amide bonds. The fourth-order valence-electron chi connectivity index (χ4n) is 2.67. The van der Waals surface area contributed by atoms with Crippen molar-refractivity contribution in [1.29, 1.82) is 0 Å². The van der Waals surface area contributed by atoms with Crippen molar-refractivity contribution in [3.63, 3.8) is 0 Å². The number of nitrogens with zero attached hydrogens (tertiary/aromatic N) is 2. The predicted molar refractivity (Wildman–Crippen MR) is 102 cm³/mol. The van der Waals surface area contributed by atoms with E-state index in [1.54, 1.807) is 28.9 Å². The van der Waals surface area contributed by atoms with E-state index in [1.165, 1.54) is 6.07 Å². The topological polar surface area (TPSA) is 46.9 Å². The molecule has 0 atom stereocenters. The SMILES string of the molecule is CCC(NC(=O)c1nn(Cc2ccccc2F)c2ccccc12)=C(Cl)Cl. The Labute approximate surface area is 160 Å². The number of hydrogen-bond acceptors (Lipinski definition) is 2. The lowest BCUT2D eigenvalue weighted by Crippen LogP contribution is -2.23. The Morgan fingerprint density at radius 1 is 1.15 bits per heavy atom. The molecule has 0 unspecified atom stereocenters. The molecule has 0 spiro atoms. The van der Waals surface area contributed by atoms with E-state index in [4.69, 9.17) is 23.2 Å². The van der Waals surface area contributed by atoms with Gasteiger partial charge >= 0.3 is 0 Å². The van der Waals surface area contributed by atoms with Gasteiger partial charge in [-0.05, 0) is 18.6 Å². The second kappa shape index (κ2) is 7.89. The largest absolute Gasteiger partial charge is 0.322 e. The molecule has 0 saturated heterocycles. The number of allylic oxidation sites excluding steroid dienone is 1. The molecule has 0 aliphatic carbocycles. The van der Waals surface area contributed by atoms with E-state index >= 15 is 0 Å². The third-order valence-corrected chi connectivity index (χ3v) is 4.45. The molecule has 0 fully saturated rings. The number of carbonyl (C=O) groups is 1. The van der Waals surface area contributed by atoms with E-state index in [1.807, 2.05) is 25.1 Å². The molecule has 0 saturated carbocycles. The van der Waals surface area contributed by atoms with Gasteiger partial charge in [0, 0.05) is 16.6 Å². The first kappa shape index (κ1) is 18.4. The van der Waals surface area contributed by atoms with Crippen LogP contribution in [-0.2, 0) is 6.54 Å². The van der Waals surface area contributed by atoms with E-state index in [2.05, 4.69) is 10.4 Å². The molecule has 0 aliphatic heterocycles. The molecule has 134 valence electrons. The molecule has 1 aromatic heterocycles. The molecule has 3 rings (SSSR count). The lowest BCUT2D eigenvalue weighted by Gasteiger charge is -2.06. The molecule has 1 heterocycles. The van der Waals surface area contributed by atoms with Crippen molar-refractivity contribution < 1.29 is 9.18 Å². The van der Waals surface area contributed by atoms with Gasteiger partial charge in [0.15, 0.2) is 5.69 Å². The Bertz CT molecular complexity index is 993. The molecular weight excluding hydrogens is 376 g/mol. The summed E-state index contributed by atoms with van der Waals surface area (Å²) < 4.78 is 15.6. The second-order valence-corrected chi connectivity index (χ2v) is 6.61. The quantitative estimate of drug-likeness (QED) is 0.664. The highest BCUT2D eigenvalue weighted by atomic mass is 35.5. The average Bonchev–Trinajstić information content (AvgIpc) is 3.00. The zero-order chi connectivity index (χ0) is 18.7. The molecule has 2 aromatic carbocycles. The number of carbonyl (C=O) groups excluding carboxylic acids is 1. The zero-order valence-corrected chi connectivity index (χ0v) is 15.5. The monoisotopic (exact) mass is 391 g/mol. The Morgan fingerprint density at radius 2 is 1.85 bits per heavy atom. The van der Waals surface area contributed by atoms with Gasteiger partial charge in [0.25, 0.3) is 5.91 Å². The summed E-state index contributed by atoms with van der Waals surface area (Å²) >= 11 is 11.6. The first-order valence-corrected chi connectivity index (χ1v) is 8.81. The van der Waals surface area contributed by atoms with Crippen LogP contribution >= 0.6 is 23.2 Å². The summed E-state index contributed by atoms with van der Waals surface area (Å²) in [6.45, 7) is 2.04. The lowest BCUT2D eigenvalue weighted by molar-refractivity contribution is 0.0960. The maximum Gasteiger partial charge on any atom is 0.276 e. The molecule has 26 heavy (non-hydrogen) atoms. The molecule has 0 bridgehead atoms. The van der Waals surface area contributed by atoms with Crippen molar-refractivity contribution in [3.8, 4) is 0 Å². The smallest absolute Gasteiger partial charge is 0.276 e. The minimum Gasteiger partial charge on any atom is -0.322 e. The minimum atomic E-state index is -0.413. The Hall–Kier alpha value is -2.37. The van der Waals surface area contributed by atoms with Crippen molar-refractivity contribution in [2.24, 2.45) is 0 Å². The number of fused-ring (bicyclic) bond motifs is 1. The number of hydrogen-bond donors (Lipinski definition) is 1. The highest BCUT2D eigenvalue weighted by Gasteiger charge is 2.19. The summed E-state index contributed by atoms with van der Waals surface area (Å²) in [5, 5.41) is 7.76. The van der Waals surface area contributed by atoms with E-state index in [9.17, 15) is 9.18 Å². The van der Waals surface area contributed by atoms with E-state index in [0.717, 1.165) is 5.52 Å². The van der Waals surface area contributed by atoms with Crippen LogP contribution in [0, 0.1) is 5.82 Å². The van der Waals surface area contributed by atoms with E-state index in [0.29, 0.717) is 23.1 Å². The van der Waals surface area contributed by atoms with Crippen molar-refractivity contribution in [3.05, 3.63) is 75.8 Å². The Kier molecular flexibility index (Phi) is 5.59. The highest BCUT2D eigenvalue weighted by molar-refractivity contribution is 6.56. The molecule has 4 nitrogen and oxygen atoms in total. The van der Waals surface area contributed by atoms with Crippen LogP contribution in [0.1, 0.15) is 29.4 Å². The molecule has 1 N–H and O–H groups in total. The maximum atomic E-state index is 14.0. The van der Waals surface area contributed by atoms with Crippen LogP contribution in [-0.4, -0.2) is 15.7 Å². The van der Waals surface area contributed by atoms with Crippen molar-refractivity contribution in [1.82, 2.24) is 15.1 Å². The second-order valence-electron chi connectivity index (χ2n) is 5.66. The van der Waals surface area contributed by atoms with Crippen molar-refractivity contribution in [2.75, 3.05) is 0 Å². The van der Waals surface area contributed by atoms with Crippen molar-refractivity contribution in [2.45, 2.75) is 19.9 Å². The molecule has 3 aromatic rings. The summed E-state index contributed by atoms with van der Waals surface area (Å²) in [7, 11) is 0. The first-order valence-electron chi connectivity index (χ1n) is 8.05. The highest BCUT2D eigenvalue weighted by Crippen LogP contribution is 2.22. The van der Waals surface area contributed by atoms with Crippen LogP contribution in [0.15, 0.2) is 58.7 Å². The summed E-state index contributed by atoms with van der Waals surface area (Å²) in [5.74, 6) is -0.729. The van der Waals surface area contributed by atoms with Crippen LogP contribution in [0.2, 0.25) is 0 Å². The van der Waals surface area contributed by atoms with E-state index < -0.39 is 5.91 Å². The number of para-hydroxylation sites is 1. The number of aromatic nitrogens is 2. The maximum absolute atomic E-state index is 14.0. The number of nitrogens with one attached hydrogen (secondary N) is 1. The predicted octanol–water partition coefficient (Wildman–Crippen LogP) is 5.01. The number of halogens is 3. The van der Waals surface area contributed by atoms with Gasteiger partial charge in [-0.3, -0.25) is 9.48 Å². The fourth-order valence-corrected chi connectivity index (χ4v) is 3.03. The normalized spacial score (nSPS) is 10.8. The number of benzene rings is 2. The molecular formula is C19H16Cl2FN3O. The summed E-state index contributed by atoms with van der Waals surface area (Å²) in [4.78, 5) is 12.7. The number of amides is 1. The lowest BCUT2D eigenvalue weighted by atomic mass is 10.2. The summed E-state index contributed by atoms with van der Waals surface area (Å²) in [5.41, 5.74) is 1.88. The van der Waals surface area contributed by atoms with Crippen LogP contribution < -0.4 is 5.32 Å². The van der Waals surface area contributed by atoms with Gasteiger partial charge in [0.2, 0.25) is 0 Å². The third-order valence-electron chi connectivity index (χ3n) is 4.00. The third kappa shape index (κ3) is 3.74. The standard InChI is InChI=1S/C19H16Cl2FN3O/c1-2-15(18(20)21)23-19(26)17-13-8-4-6-10-16(13)25(24-17)11-12-7-3-5-9-14(12)22/h3-10H,2,11H2,1H3,(H,23,26). The molecule has 0 radical (unpaired) electrons. The van der Waals surface area contributed by atoms with Gasteiger partial charge in [0.1, 0.15) is 10.3 Å². The van der Waals surface area contributed by atoms with Crippen LogP contribution in [0.3, 0.4) is 0 Å². The molecule has 0 aliphatic rings. The van der Waals surface area contributed by atoms with Gasteiger partial charge in [0.05, 0.1) is 12.1 Å². The summed E-state index contributed by atoms with van der Waals surface area (Å²) in [6.07, 6.45) is 0.474. The summed E-state index contributed by atoms with van der Waals surface area (Å²) in [6, 6.07) is 13.8. The fraction of sp³-hybridized carbons (Fsp3) is 0.158. The van der Waals surface area contributed by atoms with Crippen LogP contribution in [0.25, 0.3) is 10.9 Å². The average molecular weight is 392 g/mol. The zero-order valence-electron chi connectivity index (χ0n) is 14.0. The van der Waals surface area contributed by atoms with Gasteiger partial charge in [-0.2, -0.15) is 5.10 Å². The first-order chi connectivity index (χ1) is 12.5. The Morgan fingerprint density at radius 3 is 2.54 bits per heavy atom. The van der Waals surface area contributed by atoms with E-state index in [-0.39, 0.29) is 22.5 Å². The van der Waals surface area contributed by atoms with Crippen LogP contribution in [0.5, 0.6) is 0 Å². The van der Waals surface area contributed by atoms with Gasteiger partial charge < -0.3 is 5.32 Å².